The Morgan fingerprint density at radius 2 is 1.80 bits per heavy atom. The van der Waals surface area contributed by atoms with E-state index in [1.165, 1.54) is 19.3 Å². The van der Waals surface area contributed by atoms with E-state index in [0.717, 1.165) is 24.1 Å². The summed E-state index contributed by atoms with van der Waals surface area (Å²) in [4.78, 5) is 11.7. The van der Waals surface area contributed by atoms with E-state index >= 15 is 0 Å². The van der Waals surface area contributed by atoms with Crippen molar-refractivity contribution in [3.8, 4) is 0 Å². The Hall–Kier alpha value is -1.84. The largest absolute Gasteiger partial charge is 0.411 e. The van der Waals surface area contributed by atoms with Gasteiger partial charge in [-0.1, -0.05) is 49.9 Å². The molecule has 0 saturated heterocycles. The molecule has 1 aromatic carbocycles. The van der Waals surface area contributed by atoms with Crippen LogP contribution >= 0.6 is 0 Å². The van der Waals surface area contributed by atoms with Crippen LogP contribution in [0.25, 0.3) is 0 Å². The monoisotopic (exact) mass is 276 g/mol. The lowest BCUT2D eigenvalue weighted by Gasteiger charge is -2.06. The van der Waals surface area contributed by atoms with Crippen molar-refractivity contribution in [1.29, 1.82) is 0 Å². The first-order valence-electron chi connectivity index (χ1n) is 7.26. The van der Waals surface area contributed by atoms with E-state index in [0.29, 0.717) is 12.1 Å². The summed E-state index contributed by atoms with van der Waals surface area (Å²) in [5, 5.41) is 14.7. The highest BCUT2D eigenvalue weighted by atomic mass is 16.4. The maximum Gasteiger partial charge on any atom is 0.224 e. The van der Waals surface area contributed by atoms with E-state index in [2.05, 4.69) is 17.4 Å². The fourth-order valence-corrected chi connectivity index (χ4v) is 1.97. The third-order valence-corrected chi connectivity index (χ3v) is 3.24. The van der Waals surface area contributed by atoms with Crippen LogP contribution in [-0.2, 0) is 4.79 Å². The van der Waals surface area contributed by atoms with Gasteiger partial charge in [-0.15, -0.1) is 0 Å². The molecule has 0 aromatic heterocycles. The van der Waals surface area contributed by atoms with Crippen LogP contribution in [0.1, 0.15) is 57.9 Å². The van der Waals surface area contributed by atoms with Crippen LogP contribution in [0.2, 0.25) is 0 Å². The SMILES string of the molecule is CCCCCCCC(=O)Nc1ccc(C(C)=NO)cc1. The molecule has 1 amide bonds. The van der Waals surface area contributed by atoms with Gasteiger partial charge in [0.05, 0.1) is 5.71 Å². The molecule has 0 aliphatic carbocycles. The lowest BCUT2D eigenvalue weighted by atomic mass is 10.1. The minimum atomic E-state index is 0.0572. The lowest BCUT2D eigenvalue weighted by molar-refractivity contribution is -0.116. The number of carbonyl (C=O) groups excluding carboxylic acids is 1. The Balaban J connectivity index is 2.35. The summed E-state index contributed by atoms with van der Waals surface area (Å²) in [5.41, 5.74) is 2.17. The van der Waals surface area contributed by atoms with Gasteiger partial charge in [-0.2, -0.15) is 0 Å². The second kappa shape index (κ2) is 9.13. The predicted molar refractivity (Wildman–Crippen MR) is 82.4 cm³/mol. The van der Waals surface area contributed by atoms with Crippen molar-refractivity contribution in [2.75, 3.05) is 5.32 Å². The van der Waals surface area contributed by atoms with Gasteiger partial charge >= 0.3 is 0 Å². The predicted octanol–water partition coefficient (Wildman–Crippen LogP) is 4.18. The molecule has 0 heterocycles. The zero-order valence-electron chi connectivity index (χ0n) is 12.4. The molecule has 1 rings (SSSR count). The highest BCUT2D eigenvalue weighted by molar-refractivity contribution is 5.99. The van der Waals surface area contributed by atoms with Crippen molar-refractivity contribution in [3.63, 3.8) is 0 Å². The molecule has 0 atom stereocenters. The third-order valence-electron chi connectivity index (χ3n) is 3.24. The topological polar surface area (TPSA) is 61.7 Å². The number of anilines is 1. The van der Waals surface area contributed by atoms with E-state index in [1.54, 1.807) is 6.92 Å². The first-order valence-corrected chi connectivity index (χ1v) is 7.26. The molecule has 0 radical (unpaired) electrons. The Labute approximate surface area is 120 Å². The van der Waals surface area contributed by atoms with Crippen LogP contribution in [0.15, 0.2) is 29.4 Å². The van der Waals surface area contributed by atoms with Gasteiger partial charge in [-0.05, 0) is 31.0 Å². The van der Waals surface area contributed by atoms with Crippen molar-refractivity contribution in [3.05, 3.63) is 29.8 Å². The number of carbonyl (C=O) groups is 1. The van der Waals surface area contributed by atoms with Gasteiger partial charge < -0.3 is 10.5 Å². The van der Waals surface area contributed by atoms with Crippen molar-refractivity contribution < 1.29 is 10.0 Å². The van der Waals surface area contributed by atoms with E-state index < -0.39 is 0 Å². The zero-order valence-corrected chi connectivity index (χ0v) is 12.4. The van der Waals surface area contributed by atoms with Crippen LogP contribution in [0.4, 0.5) is 5.69 Å². The van der Waals surface area contributed by atoms with E-state index in [4.69, 9.17) is 5.21 Å². The van der Waals surface area contributed by atoms with Crippen LogP contribution in [0.5, 0.6) is 0 Å². The lowest BCUT2D eigenvalue weighted by Crippen LogP contribution is -2.11. The van der Waals surface area contributed by atoms with Crippen molar-refractivity contribution in [1.82, 2.24) is 0 Å². The molecule has 0 aliphatic heterocycles. The van der Waals surface area contributed by atoms with Gasteiger partial charge in [0, 0.05) is 12.1 Å². The standard InChI is InChI=1S/C16H24N2O2/c1-3-4-5-6-7-8-16(19)17-15-11-9-14(10-12-15)13(2)18-20/h9-12,20H,3-8H2,1-2H3,(H,17,19). The Morgan fingerprint density at radius 3 is 2.40 bits per heavy atom. The van der Waals surface area contributed by atoms with Gasteiger partial charge in [0.15, 0.2) is 0 Å². The Morgan fingerprint density at radius 1 is 1.15 bits per heavy atom. The maximum atomic E-state index is 11.7. The van der Waals surface area contributed by atoms with Crippen molar-refractivity contribution >= 4 is 17.3 Å². The first kappa shape index (κ1) is 16.2. The maximum absolute atomic E-state index is 11.7. The molecule has 0 fully saturated rings. The summed E-state index contributed by atoms with van der Waals surface area (Å²) < 4.78 is 0. The van der Waals surface area contributed by atoms with Crippen molar-refractivity contribution in [2.45, 2.75) is 52.4 Å². The molecule has 4 heteroatoms. The molecule has 1 aromatic rings. The highest BCUT2D eigenvalue weighted by Crippen LogP contribution is 2.12. The average molecular weight is 276 g/mol. The first-order chi connectivity index (χ1) is 9.67. The third kappa shape index (κ3) is 5.87. The normalized spacial score (nSPS) is 11.4. The van der Waals surface area contributed by atoms with Crippen LogP contribution in [-0.4, -0.2) is 16.8 Å². The summed E-state index contributed by atoms with van der Waals surface area (Å²) in [6.07, 6.45) is 6.30. The molecule has 0 aliphatic rings. The summed E-state index contributed by atoms with van der Waals surface area (Å²) >= 11 is 0. The van der Waals surface area contributed by atoms with Gasteiger partial charge in [-0.25, -0.2) is 0 Å². The van der Waals surface area contributed by atoms with Crippen molar-refractivity contribution in [2.24, 2.45) is 5.16 Å². The number of oxime groups is 1. The molecule has 2 N–H and O–H groups in total. The van der Waals surface area contributed by atoms with E-state index in [9.17, 15) is 4.79 Å². The summed E-state index contributed by atoms with van der Waals surface area (Å²) in [7, 11) is 0. The molecule has 0 bridgehead atoms. The van der Waals surface area contributed by atoms with Crippen LogP contribution in [0.3, 0.4) is 0 Å². The van der Waals surface area contributed by atoms with E-state index in [1.807, 2.05) is 24.3 Å². The minimum absolute atomic E-state index is 0.0572. The van der Waals surface area contributed by atoms with Gasteiger partial charge in [0.2, 0.25) is 5.91 Å². The molecule has 110 valence electrons. The zero-order chi connectivity index (χ0) is 14.8. The molecule has 20 heavy (non-hydrogen) atoms. The smallest absolute Gasteiger partial charge is 0.224 e. The summed E-state index contributed by atoms with van der Waals surface area (Å²) in [6, 6.07) is 7.29. The minimum Gasteiger partial charge on any atom is -0.411 e. The molecule has 4 nitrogen and oxygen atoms in total. The number of rotatable bonds is 8. The number of amides is 1. The van der Waals surface area contributed by atoms with Gasteiger partial charge in [0.1, 0.15) is 0 Å². The number of hydrogen-bond donors (Lipinski definition) is 2. The second-order valence-corrected chi connectivity index (χ2v) is 4.98. The number of hydrogen-bond acceptors (Lipinski definition) is 3. The Kier molecular flexibility index (Phi) is 7.40. The van der Waals surface area contributed by atoms with Gasteiger partial charge in [-0.3, -0.25) is 4.79 Å². The van der Waals surface area contributed by atoms with Crippen LogP contribution in [0, 0.1) is 0 Å². The molecule has 0 spiro atoms. The van der Waals surface area contributed by atoms with Gasteiger partial charge in [0.25, 0.3) is 0 Å². The quantitative estimate of drug-likeness (QED) is 0.324. The second-order valence-electron chi connectivity index (χ2n) is 4.98. The fraction of sp³-hybridized carbons (Fsp3) is 0.500. The fourth-order valence-electron chi connectivity index (χ4n) is 1.97. The average Bonchev–Trinajstić information content (AvgIpc) is 2.47. The highest BCUT2D eigenvalue weighted by Gasteiger charge is 2.03. The molecular weight excluding hydrogens is 252 g/mol. The number of nitrogens with zero attached hydrogens (tertiary/aromatic N) is 1. The number of benzene rings is 1. The summed E-state index contributed by atoms with van der Waals surface area (Å²) in [6.45, 7) is 3.91. The van der Waals surface area contributed by atoms with Crippen LogP contribution < -0.4 is 5.32 Å². The molecule has 0 saturated carbocycles. The molecular formula is C16H24N2O2. The summed E-state index contributed by atoms with van der Waals surface area (Å²) in [5.74, 6) is 0.0572. The van der Waals surface area contributed by atoms with E-state index in [-0.39, 0.29) is 5.91 Å². The molecule has 0 unspecified atom stereocenters. The Bertz CT molecular complexity index is 438. The number of unbranched alkanes of at least 4 members (excludes halogenated alkanes) is 4. The number of nitrogens with one attached hydrogen (secondary N) is 1.